The number of nitrogens with zero attached hydrogens (tertiary/aromatic N) is 3. The summed E-state index contributed by atoms with van der Waals surface area (Å²) in [4.78, 5) is 11.7. The second kappa shape index (κ2) is 7.78. The highest BCUT2D eigenvalue weighted by atomic mass is 19.1. The SMILES string of the molecule is CCCc1cc(N2CC(C)NCC2C)nc(Nc2ccc(F)cc2)n1. The van der Waals surface area contributed by atoms with Crippen molar-refractivity contribution >= 4 is 17.5 Å². The Morgan fingerprint density at radius 2 is 2.00 bits per heavy atom. The van der Waals surface area contributed by atoms with E-state index >= 15 is 0 Å². The fraction of sp³-hybridized carbons (Fsp3) is 0.474. The first-order valence-corrected chi connectivity index (χ1v) is 8.95. The summed E-state index contributed by atoms with van der Waals surface area (Å²) in [5.41, 5.74) is 1.80. The summed E-state index contributed by atoms with van der Waals surface area (Å²) in [5, 5.41) is 6.70. The Labute approximate surface area is 148 Å². The van der Waals surface area contributed by atoms with Crippen LogP contribution in [0, 0.1) is 5.82 Å². The molecule has 6 heteroatoms. The van der Waals surface area contributed by atoms with Crippen LogP contribution in [0.4, 0.5) is 21.8 Å². The van der Waals surface area contributed by atoms with Gasteiger partial charge in [-0.15, -0.1) is 0 Å². The van der Waals surface area contributed by atoms with Gasteiger partial charge in [0.15, 0.2) is 0 Å². The zero-order chi connectivity index (χ0) is 17.8. The number of hydrogen-bond donors (Lipinski definition) is 2. The number of halogens is 1. The fourth-order valence-corrected chi connectivity index (χ4v) is 3.07. The summed E-state index contributed by atoms with van der Waals surface area (Å²) in [5.74, 6) is 1.25. The zero-order valence-corrected chi connectivity index (χ0v) is 15.1. The maximum atomic E-state index is 13.1. The fourth-order valence-electron chi connectivity index (χ4n) is 3.07. The minimum absolute atomic E-state index is 0.254. The van der Waals surface area contributed by atoms with E-state index in [1.165, 1.54) is 12.1 Å². The molecule has 2 heterocycles. The first-order valence-electron chi connectivity index (χ1n) is 8.95. The summed E-state index contributed by atoms with van der Waals surface area (Å²) in [7, 11) is 0. The van der Waals surface area contributed by atoms with Crippen molar-refractivity contribution in [3.05, 3.63) is 41.8 Å². The summed E-state index contributed by atoms with van der Waals surface area (Å²) in [6.07, 6.45) is 1.93. The molecule has 0 bridgehead atoms. The van der Waals surface area contributed by atoms with Gasteiger partial charge in [0, 0.05) is 42.6 Å². The second-order valence-electron chi connectivity index (χ2n) is 6.73. The van der Waals surface area contributed by atoms with E-state index in [9.17, 15) is 4.39 Å². The minimum Gasteiger partial charge on any atom is -0.351 e. The Hall–Kier alpha value is -2.21. The van der Waals surface area contributed by atoms with Crippen LogP contribution in [0.3, 0.4) is 0 Å². The molecule has 0 amide bonds. The van der Waals surface area contributed by atoms with Gasteiger partial charge < -0.3 is 15.5 Å². The highest BCUT2D eigenvalue weighted by molar-refractivity contribution is 5.56. The Bertz CT molecular complexity index is 703. The molecular weight excluding hydrogens is 317 g/mol. The first-order chi connectivity index (χ1) is 12.0. The third kappa shape index (κ3) is 4.45. The van der Waals surface area contributed by atoms with Crippen molar-refractivity contribution in [1.29, 1.82) is 0 Å². The maximum absolute atomic E-state index is 13.1. The van der Waals surface area contributed by atoms with Gasteiger partial charge in [0.05, 0.1) is 0 Å². The predicted octanol–water partition coefficient (Wildman–Crippen LogP) is 3.50. The van der Waals surface area contributed by atoms with Crippen LogP contribution in [0.1, 0.15) is 32.9 Å². The lowest BCUT2D eigenvalue weighted by molar-refractivity contribution is 0.422. The smallest absolute Gasteiger partial charge is 0.229 e. The molecule has 1 aromatic heterocycles. The van der Waals surface area contributed by atoms with Crippen LogP contribution in [0.2, 0.25) is 0 Å². The molecule has 1 aliphatic heterocycles. The molecule has 2 unspecified atom stereocenters. The molecule has 134 valence electrons. The molecule has 0 saturated carbocycles. The number of hydrogen-bond acceptors (Lipinski definition) is 5. The van der Waals surface area contributed by atoms with Crippen molar-refractivity contribution in [2.24, 2.45) is 0 Å². The average molecular weight is 343 g/mol. The molecule has 25 heavy (non-hydrogen) atoms. The van der Waals surface area contributed by atoms with Crippen LogP contribution in [-0.4, -0.2) is 35.1 Å². The molecule has 2 N–H and O–H groups in total. The molecule has 0 spiro atoms. The van der Waals surface area contributed by atoms with Gasteiger partial charge in [0.25, 0.3) is 0 Å². The number of benzene rings is 1. The molecule has 0 aliphatic carbocycles. The molecule has 1 aliphatic rings. The quantitative estimate of drug-likeness (QED) is 0.870. The van der Waals surface area contributed by atoms with E-state index in [1.807, 2.05) is 0 Å². The molecule has 1 fully saturated rings. The lowest BCUT2D eigenvalue weighted by atomic mass is 10.1. The largest absolute Gasteiger partial charge is 0.351 e. The van der Waals surface area contributed by atoms with E-state index in [4.69, 9.17) is 4.98 Å². The zero-order valence-electron chi connectivity index (χ0n) is 15.1. The molecule has 3 rings (SSSR count). The highest BCUT2D eigenvalue weighted by Crippen LogP contribution is 2.22. The Balaban J connectivity index is 1.89. The van der Waals surface area contributed by atoms with Crippen LogP contribution in [0.5, 0.6) is 0 Å². The van der Waals surface area contributed by atoms with Crippen LogP contribution >= 0.6 is 0 Å². The number of rotatable bonds is 5. The third-order valence-corrected chi connectivity index (χ3v) is 4.43. The van der Waals surface area contributed by atoms with E-state index in [0.29, 0.717) is 18.0 Å². The van der Waals surface area contributed by atoms with Gasteiger partial charge in [-0.1, -0.05) is 13.3 Å². The van der Waals surface area contributed by atoms with Crippen molar-refractivity contribution < 1.29 is 4.39 Å². The number of anilines is 3. The van der Waals surface area contributed by atoms with Crippen LogP contribution in [-0.2, 0) is 6.42 Å². The van der Waals surface area contributed by atoms with E-state index < -0.39 is 0 Å². The first kappa shape index (κ1) is 17.6. The second-order valence-corrected chi connectivity index (χ2v) is 6.73. The monoisotopic (exact) mass is 343 g/mol. The van der Waals surface area contributed by atoms with Gasteiger partial charge in [-0.2, -0.15) is 4.98 Å². The average Bonchev–Trinajstić information content (AvgIpc) is 2.59. The van der Waals surface area contributed by atoms with Crippen molar-refractivity contribution in [1.82, 2.24) is 15.3 Å². The van der Waals surface area contributed by atoms with Gasteiger partial charge in [-0.25, -0.2) is 9.37 Å². The highest BCUT2D eigenvalue weighted by Gasteiger charge is 2.24. The Kier molecular flexibility index (Phi) is 5.48. The molecule has 1 saturated heterocycles. The molecule has 2 aromatic rings. The summed E-state index contributed by atoms with van der Waals surface area (Å²) in [6, 6.07) is 9.14. The van der Waals surface area contributed by atoms with Gasteiger partial charge in [0.2, 0.25) is 5.95 Å². The number of aryl methyl sites for hydroxylation is 1. The Morgan fingerprint density at radius 3 is 2.72 bits per heavy atom. The van der Waals surface area contributed by atoms with E-state index in [1.54, 1.807) is 12.1 Å². The predicted molar refractivity (Wildman–Crippen MR) is 100.0 cm³/mol. The lowest BCUT2D eigenvalue weighted by Crippen LogP contribution is -2.54. The summed E-state index contributed by atoms with van der Waals surface area (Å²) < 4.78 is 13.1. The summed E-state index contributed by atoms with van der Waals surface area (Å²) in [6.45, 7) is 8.39. The molecular formula is C19H26FN5. The number of piperazine rings is 1. The van der Waals surface area contributed by atoms with Gasteiger partial charge in [-0.05, 0) is 44.5 Å². The van der Waals surface area contributed by atoms with Crippen molar-refractivity contribution in [2.45, 2.75) is 45.7 Å². The third-order valence-electron chi connectivity index (χ3n) is 4.43. The van der Waals surface area contributed by atoms with Crippen LogP contribution in [0.25, 0.3) is 0 Å². The van der Waals surface area contributed by atoms with Crippen molar-refractivity contribution in [3.63, 3.8) is 0 Å². The molecule has 0 radical (unpaired) electrons. The maximum Gasteiger partial charge on any atom is 0.229 e. The van der Waals surface area contributed by atoms with Crippen LogP contribution in [0.15, 0.2) is 30.3 Å². The van der Waals surface area contributed by atoms with E-state index in [0.717, 1.165) is 43.1 Å². The van der Waals surface area contributed by atoms with Crippen molar-refractivity contribution in [2.75, 3.05) is 23.3 Å². The molecule has 5 nitrogen and oxygen atoms in total. The Morgan fingerprint density at radius 1 is 1.24 bits per heavy atom. The van der Waals surface area contributed by atoms with E-state index in [2.05, 4.69) is 47.4 Å². The standard InChI is InChI=1S/C19H26FN5/c1-4-5-17-10-18(25-12-13(2)21-11-14(25)3)24-19(23-17)22-16-8-6-15(20)7-9-16/h6-10,13-14,21H,4-5,11-12H2,1-3H3,(H,22,23,24). The van der Waals surface area contributed by atoms with E-state index in [-0.39, 0.29) is 5.82 Å². The minimum atomic E-state index is -0.254. The topological polar surface area (TPSA) is 53.1 Å². The van der Waals surface area contributed by atoms with Gasteiger partial charge in [0.1, 0.15) is 11.6 Å². The normalized spacial score (nSPS) is 20.6. The van der Waals surface area contributed by atoms with Crippen molar-refractivity contribution in [3.8, 4) is 0 Å². The van der Waals surface area contributed by atoms with Gasteiger partial charge in [-0.3, -0.25) is 0 Å². The lowest BCUT2D eigenvalue weighted by Gasteiger charge is -2.38. The number of nitrogens with one attached hydrogen (secondary N) is 2. The van der Waals surface area contributed by atoms with Crippen LogP contribution < -0.4 is 15.5 Å². The number of aromatic nitrogens is 2. The molecule has 1 aromatic carbocycles. The summed E-state index contributed by atoms with van der Waals surface area (Å²) >= 11 is 0. The molecule has 2 atom stereocenters. The van der Waals surface area contributed by atoms with Gasteiger partial charge >= 0.3 is 0 Å².